The Morgan fingerprint density at radius 3 is 2.95 bits per heavy atom. The lowest BCUT2D eigenvalue weighted by atomic mass is 10.0. The number of ether oxygens (including phenoxy) is 1. The van der Waals surface area contributed by atoms with E-state index in [0.29, 0.717) is 19.8 Å². The molecule has 0 saturated carbocycles. The van der Waals surface area contributed by atoms with E-state index in [0.717, 1.165) is 12.0 Å². The standard InChI is InChI=1S/C13H20N2O3S/c1-10(12-5-6-18-9-12)15-19(16,17)13-4-2-3-11(7-13)8-14/h2-4,7,10,12,15H,5-6,8-9,14H2,1H3. The first-order chi connectivity index (χ1) is 9.03. The predicted octanol–water partition coefficient (Wildman–Crippen LogP) is 0.849. The lowest BCUT2D eigenvalue weighted by molar-refractivity contribution is 0.180. The summed E-state index contributed by atoms with van der Waals surface area (Å²) in [6, 6.07) is 6.58. The van der Waals surface area contributed by atoms with E-state index in [1.165, 1.54) is 0 Å². The second-order valence-corrected chi connectivity index (χ2v) is 6.60. The highest BCUT2D eigenvalue weighted by Gasteiger charge is 2.26. The Balaban J connectivity index is 2.12. The molecule has 1 heterocycles. The van der Waals surface area contributed by atoms with Crippen LogP contribution in [-0.4, -0.2) is 27.7 Å². The fourth-order valence-electron chi connectivity index (χ4n) is 2.20. The van der Waals surface area contributed by atoms with E-state index in [-0.39, 0.29) is 16.9 Å². The molecule has 2 unspecified atom stereocenters. The van der Waals surface area contributed by atoms with Crippen molar-refractivity contribution in [2.75, 3.05) is 13.2 Å². The maximum atomic E-state index is 12.3. The van der Waals surface area contributed by atoms with Crippen molar-refractivity contribution in [1.29, 1.82) is 0 Å². The summed E-state index contributed by atoms with van der Waals surface area (Å²) in [5.41, 5.74) is 6.34. The van der Waals surface area contributed by atoms with Gasteiger partial charge in [-0.25, -0.2) is 13.1 Å². The highest BCUT2D eigenvalue weighted by atomic mass is 32.2. The Labute approximate surface area is 114 Å². The number of rotatable bonds is 5. The van der Waals surface area contributed by atoms with Crippen LogP contribution in [0.4, 0.5) is 0 Å². The number of benzene rings is 1. The van der Waals surface area contributed by atoms with E-state index >= 15 is 0 Å². The number of sulfonamides is 1. The summed E-state index contributed by atoms with van der Waals surface area (Å²) >= 11 is 0. The summed E-state index contributed by atoms with van der Waals surface area (Å²) in [6.07, 6.45) is 0.895. The fraction of sp³-hybridized carbons (Fsp3) is 0.538. The smallest absolute Gasteiger partial charge is 0.240 e. The third kappa shape index (κ3) is 3.54. The SMILES string of the molecule is CC(NS(=O)(=O)c1cccc(CN)c1)C1CCOC1. The van der Waals surface area contributed by atoms with Crippen molar-refractivity contribution in [2.24, 2.45) is 11.7 Å². The third-order valence-corrected chi connectivity index (χ3v) is 5.01. The van der Waals surface area contributed by atoms with Gasteiger partial charge in [-0.2, -0.15) is 0 Å². The Hall–Kier alpha value is -0.950. The van der Waals surface area contributed by atoms with E-state index in [9.17, 15) is 8.42 Å². The third-order valence-electron chi connectivity index (χ3n) is 3.46. The van der Waals surface area contributed by atoms with Gasteiger partial charge in [0.15, 0.2) is 0 Å². The summed E-state index contributed by atoms with van der Waals surface area (Å²) in [6.45, 7) is 3.53. The zero-order valence-electron chi connectivity index (χ0n) is 11.0. The first-order valence-corrected chi connectivity index (χ1v) is 7.90. The van der Waals surface area contributed by atoms with Gasteiger partial charge in [0.2, 0.25) is 10.0 Å². The zero-order chi connectivity index (χ0) is 13.9. The van der Waals surface area contributed by atoms with Gasteiger partial charge in [-0.15, -0.1) is 0 Å². The van der Waals surface area contributed by atoms with Crippen LogP contribution in [0.2, 0.25) is 0 Å². The molecule has 2 atom stereocenters. The van der Waals surface area contributed by atoms with Crippen molar-refractivity contribution in [2.45, 2.75) is 30.8 Å². The number of nitrogens with one attached hydrogen (secondary N) is 1. The average molecular weight is 284 g/mol. The van der Waals surface area contributed by atoms with Crippen molar-refractivity contribution in [3.63, 3.8) is 0 Å². The molecule has 1 aliphatic heterocycles. The highest BCUT2D eigenvalue weighted by Crippen LogP contribution is 2.19. The Kier molecular flexibility index (Phi) is 4.57. The van der Waals surface area contributed by atoms with Crippen LogP contribution in [0.15, 0.2) is 29.2 Å². The zero-order valence-corrected chi connectivity index (χ0v) is 11.8. The second kappa shape index (κ2) is 6.00. The molecular weight excluding hydrogens is 264 g/mol. The van der Waals surface area contributed by atoms with E-state index < -0.39 is 10.0 Å². The molecule has 0 spiro atoms. The Bertz CT molecular complexity index is 524. The molecule has 19 heavy (non-hydrogen) atoms. The molecule has 0 bridgehead atoms. The largest absolute Gasteiger partial charge is 0.381 e. The number of nitrogens with two attached hydrogens (primary N) is 1. The minimum Gasteiger partial charge on any atom is -0.381 e. The molecule has 5 nitrogen and oxygen atoms in total. The van der Waals surface area contributed by atoms with Gasteiger partial charge in [0, 0.05) is 25.1 Å². The Morgan fingerprint density at radius 1 is 1.53 bits per heavy atom. The summed E-state index contributed by atoms with van der Waals surface area (Å²) in [5.74, 6) is 0.243. The Morgan fingerprint density at radius 2 is 2.32 bits per heavy atom. The van der Waals surface area contributed by atoms with Gasteiger partial charge >= 0.3 is 0 Å². The summed E-state index contributed by atoms with van der Waals surface area (Å²) in [7, 11) is -3.49. The van der Waals surface area contributed by atoms with Gasteiger partial charge in [-0.1, -0.05) is 12.1 Å². The molecule has 1 aromatic carbocycles. The normalized spacial score (nSPS) is 21.5. The van der Waals surface area contributed by atoms with Crippen LogP contribution in [0.3, 0.4) is 0 Å². The maximum absolute atomic E-state index is 12.3. The van der Waals surface area contributed by atoms with Crippen LogP contribution >= 0.6 is 0 Å². The number of hydrogen-bond donors (Lipinski definition) is 2. The van der Waals surface area contributed by atoms with Crippen molar-refractivity contribution < 1.29 is 13.2 Å². The molecule has 0 amide bonds. The number of hydrogen-bond acceptors (Lipinski definition) is 4. The van der Waals surface area contributed by atoms with Gasteiger partial charge in [0.1, 0.15) is 0 Å². The van der Waals surface area contributed by atoms with Crippen molar-refractivity contribution in [1.82, 2.24) is 4.72 Å². The molecule has 0 aliphatic carbocycles. The van der Waals surface area contributed by atoms with Crippen LogP contribution in [0.5, 0.6) is 0 Å². The molecule has 3 N–H and O–H groups in total. The van der Waals surface area contributed by atoms with Crippen LogP contribution < -0.4 is 10.5 Å². The first kappa shape index (κ1) is 14.5. The van der Waals surface area contributed by atoms with Gasteiger partial charge in [0.05, 0.1) is 11.5 Å². The molecule has 0 radical (unpaired) electrons. The van der Waals surface area contributed by atoms with E-state index in [1.807, 2.05) is 13.0 Å². The first-order valence-electron chi connectivity index (χ1n) is 6.42. The molecule has 6 heteroatoms. The topological polar surface area (TPSA) is 81.4 Å². The highest BCUT2D eigenvalue weighted by molar-refractivity contribution is 7.89. The summed E-state index contributed by atoms with van der Waals surface area (Å²) < 4.78 is 32.6. The molecule has 2 rings (SSSR count). The fourth-order valence-corrected chi connectivity index (χ4v) is 3.58. The summed E-state index contributed by atoms with van der Waals surface area (Å²) in [5, 5.41) is 0. The van der Waals surface area contributed by atoms with E-state index in [2.05, 4.69) is 4.72 Å². The molecular formula is C13H20N2O3S. The lowest BCUT2D eigenvalue weighted by Crippen LogP contribution is -2.38. The van der Waals surface area contributed by atoms with Crippen LogP contribution in [0.1, 0.15) is 18.9 Å². The monoisotopic (exact) mass is 284 g/mol. The van der Waals surface area contributed by atoms with Gasteiger partial charge < -0.3 is 10.5 Å². The van der Waals surface area contributed by atoms with Gasteiger partial charge in [-0.05, 0) is 31.0 Å². The minimum atomic E-state index is -3.49. The molecule has 106 valence electrons. The van der Waals surface area contributed by atoms with Gasteiger partial charge in [0.25, 0.3) is 0 Å². The summed E-state index contributed by atoms with van der Waals surface area (Å²) in [4.78, 5) is 0.265. The van der Waals surface area contributed by atoms with Crippen molar-refractivity contribution in [3.05, 3.63) is 29.8 Å². The van der Waals surface area contributed by atoms with Crippen LogP contribution in [0, 0.1) is 5.92 Å². The molecule has 1 aromatic rings. The van der Waals surface area contributed by atoms with Gasteiger partial charge in [-0.3, -0.25) is 0 Å². The molecule has 1 saturated heterocycles. The molecule has 0 aromatic heterocycles. The second-order valence-electron chi connectivity index (χ2n) is 4.89. The lowest BCUT2D eigenvalue weighted by Gasteiger charge is -2.19. The predicted molar refractivity (Wildman–Crippen MR) is 73.0 cm³/mol. The molecule has 1 fully saturated rings. The van der Waals surface area contributed by atoms with Crippen molar-refractivity contribution >= 4 is 10.0 Å². The van der Waals surface area contributed by atoms with Crippen LogP contribution in [0.25, 0.3) is 0 Å². The molecule has 1 aliphatic rings. The van der Waals surface area contributed by atoms with E-state index in [4.69, 9.17) is 10.5 Å². The van der Waals surface area contributed by atoms with Crippen LogP contribution in [-0.2, 0) is 21.3 Å². The maximum Gasteiger partial charge on any atom is 0.240 e. The quantitative estimate of drug-likeness (QED) is 0.840. The van der Waals surface area contributed by atoms with Crippen molar-refractivity contribution in [3.8, 4) is 0 Å². The van der Waals surface area contributed by atoms with E-state index in [1.54, 1.807) is 18.2 Å². The average Bonchev–Trinajstić information content (AvgIpc) is 2.92. The minimum absolute atomic E-state index is 0.131.